The molecule has 10 aromatic carbocycles. The first-order chi connectivity index (χ1) is 26.6. The van der Waals surface area contributed by atoms with E-state index in [1.807, 2.05) is 0 Å². The fourth-order valence-corrected chi connectivity index (χ4v) is 9.54. The van der Waals surface area contributed by atoms with Gasteiger partial charge in [-0.25, -0.2) is 0 Å². The van der Waals surface area contributed by atoms with Gasteiger partial charge in [0.25, 0.3) is 0 Å². The van der Waals surface area contributed by atoms with E-state index in [2.05, 4.69) is 207 Å². The maximum Gasteiger partial charge on any atom is 0.0549 e. The second-order valence-corrected chi connectivity index (χ2v) is 15.3. The molecule has 0 saturated carbocycles. The molecule has 0 N–H and O–H groups in total. The van der Waals surface area contributed by atoms with Crippen molar-refractivity contribution in [2.24, 2.45) is 0 Å². The fourth-order valence-electron chi connectivity index (χ4n) is 9.54. The maximum absolute atomic E-state index is 2.51. The molecular weight excluding hydrogens is 651 g/mol. The van der Waals surface area contributed by atoms with Crippen LogP contribution in [0.15, 0.2) is 188 Å². The van der Waals surface area contributed by atoms with Gasteiger partial charge in [-0.1, -0.05) is 172 Å². The fraction of sp³-hybridized carbons (Fsp3) is 0.0566. The third-order valence-corrected chi connectivity index (χ3v) is 12.0. The summed E-state index contributed by atoms with van der Waals surface area (Å²) in [5, 5.41) is 12.8. The predicted molar refractivity (Wildman–Crippen MR) is 232 cm³/mol. The molecule has 0 unspecified atom stereocenters. The minimum atomic E-state index is -0.163. The monoisotopic (exact) mass is 687 g/mol. The average molecular weight is 688 g/mol. The van der Waals surface area contributed by atoms with Gasteiger partial charge in [0, 0.05) is 22.4 Å². The molecule has 11 rings (SSSR count). The molecule has 0 heterocycles. The van der Waals surface area contributed by atoms with Crippen molar-refractivity contribution in [3.63, 3.8) is 0 Å². The first-order valence-electron chi connectivity index (χ1n) is 18.9. The molecule has 0 bridgehead atoms. The molecule has 10 aromatic rings. The molecule has 1 aliphatic rings. The van der Waals surface area contributed by atoms with Crippen molar-refractivity contribution in [2.75, 3.05) is 4.90 Å². The SMILES string of the molecule is CC1(C)c2ccccc2-c2c(N(c3ccc(-c4cccc5ccccc45)cc3)c3ccc4c5ccccc5c5ccccc5c4c3)cc3ccccc3c21. The summed E-state index contributed by atoms with van der Waals surface area (Å²) in [5.41, 5.74) is 11.2. The quantitative estimate of drug-likeness (QED) is 0.167. The lowest BCUT2D eigenvalue weighted by Crippen LogP contribution is -2.16. The molecule has 0 fully saturated rings. The number of hydrogen-bond donors (Lipinski definition) is 0. The van der Waals surface area contributed by atoms with Gasteiger partial charge in [-0.05, 0) is 112 Å². The number of fused-ring (bicyclic) bond motifs is 12. The van der Waals surface area contributed by atoms with Crippen LogP contribution in [0.2, 0.25) is 0 Å². The minimum absolute atomic E-state index is 0.163. The van der Waals surface area contributed by atoms with Gasteiger partial charge in [-0.15, -0.1) is 0 Å². The van der Waals surface area contributed by atoms with Crippen LogP contribution in [-0.4, -0.2) is 0 Å². The Morgan fingerprint density at radius 1 is 0.370 bits per heavy atom. The lowest BCUT2D eigenvalue weighted by atomic mass is 9.80. The van der Waals surface area contributed by atoms with Crippen LogP contribution in [0.3, 0.4) is 0 Å². The van der Waals surface area contributed by atoms with Gasteiger partial charge in [0.2, 0.25) is 0 Å². The lowest BCUT2D eigenvalue weighted by molar-refractivity contribution is 0.666. The van der Waals surface area contributed by atoms with E-state index >= 15 is 0 Å². The molecule has 0 aromatic heterocycles. The largest absolute Gasteiger partial charge is 0.310 e. The van der Waals surface area contributed by atoms with Crippen molar-refractivity contribution in [1.29, 1.82) is 0 Å². The normalized spacial score (nSPS) is 13.1. The van der Waals surface area contributed by atoms with Crippen LogP contribution in [0.1, 0.15) is 25.0 Å². The first-order valence-corrected chi connectivity index (χ1v) is 18.9. The average Bonchev–Trinajstić information content (AvgIpc) is 3.48. The van der Waals surface area contributed by atoms with Gasteiger partial charge in [0.1, 0.15) is 0 Å². The molecule has 1 nitrogen and oxygen atoms in total. The van der Waals surface area contributed by atoms with E-state index < -0.39 is 0 Å². The Bertz CT molecular complexity index is 3090. The highest BCUT2D eigenvalue weighted by Crippen LogP contribution is 2.57. The standard InChI is InChI=1S/C53H37N/c1-53(2)49-25-12-11-23-47(49)51-50(32-36-15-4-6-18-41(36)52(51)53)54(37-28-26-35(27-29-37)40-24-13-16-34-14-3-5-17-39(34)40)38-30-31-46-44-21-8-7-19-42(44)43-20-9-10-22-45(43)48(46)33-38/h3-33H,1-2H3. The summed E-state index contributed by atoms with van der Waals surface area (Å²) in [6.07, 6.45) is 0. The van der Waals surface area contributed by atoms with Crippen molar-refractivity contribution >= 4 is 70.9 Å². The Labute approximate surface area is 315 Å². The van der Waals surface area contributed by atoms with Crippen LogP contribution < -0.4 is 4.90 Å². The smallest absolute Gasteiger partial charge is 0.0549 e. The first kappa shape index (κ1) is 30.9. The summed E-state index contributed by atoms with van der Waals surface area (Å²) in [6.45, 7) is 4.79. The summed E-state index contributed by atoms with van der Waals surface area (Å²) in [4.78, 5) is 2.51. The summed E-state index contributed by atoms with van der Waals surface area (Å²) < 4.78 is 0. The van der Waals surface area contributed by atoms with Crippen LogP contribution in [0.5, 0.6) is 0 Å². The molecule has 254 valence electrons. The van der Waals surface area contributed by atoms with Gasteiger partial charge in [-0.3, -0.25) is 0 Å². The summed E-state index contributed by atoms with van der Waals surface area (Å²) in [6, 6.07) is 69.7. The van der Waals surface area contributed by atoms with Gasteiger partial charge in [0.05, 0.1) is 5.69 Å². The predicted octanol–water partition coefficient (Wildman–Crippen LogP) is 14.9. The molecule has 0 saturated heterocycles. The number of benzene rings is 10. The molecule has 1 heteroatoms. The molecule has 0 amide bonds. The van der Waals surface area contributed by atoms with Gasteiger partial charge < -0.3 is 4.90 Å². The summed E-state index contributed by atoms with van der Waals surface area (Å²) in [5.74, 6) is 0. The molecule has 0 radical (unpaired) electrons. The topological polar surface area (TPSA) is 3.24 Å². The number of hydrogen-bond acceptors (Lipinski definition) is 1. The number of nitrogens with zero attached hydrogens (tertiary/aromatic N) is 1. The van der Waals surface area contributed by atoms with Crippen LogP contribution >= 0.6 is 0 Å². The van der Waals surface area contributed by atoms with Crippen LogP contribution in [0, 0.1) is 0 Å². The Hall–Kier alpha value is -6.70. The van der Waals surface area contributed by atoms with Gasteiger partial charge in [-0.2, -0.15) is 0 Å². The second-order valence-electron chi connectivity index (χ2n) is 15.3. The molecule has 0 spiro atoms. The highest BCUT2D eigenvalue weighted by atomic mass is 15.1. The highest BCUT2D eigenvalue weighted by molar-refractivity contribution is 6.26. The highest BCUT2D eigenvalue weighted by Gasteiger charge is 2.39. The molecule has 0 atom stereocenters. The third kappa shape index (κ3) is 4.45. The van der Waals surface area contributed by atoms with Crippen molar-refractivity contribution in [1.82, 2.24) is 0 Å². The van der Waals surface area contributed by atoms with Crippen LogP contribution in [0.25, 0.3) is 76.1 Å². The number of anilines is 3. The zero-order chi connectivity index (χ0) is 36.0. The zero-order valence-electron chi connectivity index (χ0n) is 30.3. The Balaban J connectivity index is 1.21. The van der Waals surface area contributed by atoms with E-state index in [1.54, 1.807) is 0 Å². The van der Waals surface area contributed by atoms with Gasteiger partial charge in [0.15, 0.2) is 0 Å². The van der Waals surface area contributed by atoms with E-state index in [9.17, 15) is 0 Å². The number of rotatable bonds is 4. The Morgan fingerprint density at radius 3 is 1.61 bits per heavy atom. The second kappa shape index (κ2) is 11.7. The van der Waals surface area contributed by atoms with Crippen LogP contribution in [-0.2, 0) is 5.41 Å². The van der Waals surface area contributed by atoms with Gasteiger partial charge >= 0.3 is 0 Å². The van der Waals surface area contributed by atoms with E-state index in [0.29, 0.717) is 0 Å². The lowest BCUT2D eigenvalue weighted by Gasteiger charge is -2.30. The molecule has 0 aliphatic heterocycles. The third-order valence-electron chi connectivity index (χ3n) is 12.0. The van der Waals surface area contributed by atoms with Crippen molar-refractivity contribution < 1.29 is 0 Å². The summed E-state index contributed by atoms with van der Waals surface area (Å²) >= 11 is 0. The molecule has 1 aliphatic carbocycles. The van der Waals surface area contributed by atoms with Crippen molar-refractivity contribution in [3.05, 3.63) is 199 Å². The van der Waals surface area contributed by atoms with E-state index in [0.717, 1.165) is 11.4 Å². The summed E-state index contributed by atoms with van der Waals surface area (Å²) in [7, 11) is 0. The van der Waals surface area contributed by atoms with E-state index in [1.165, 1.54) is 92.9 Å². The minimum Gasteiger partial charge on any atom is -0.310 e. The van der Waals surface area contributed by atoms with E-state index in [-0.39, 0.29) is 5.41 Å². The van der Waals surface area contributed by atoms with E-state index in [4.69, 9.17) is 0 Å². The molecule has 54 heavy (non-hydrogen) atoms. The zero-order valence-corrected chi connectivity index (χ0v) is 30.3. The maximum atomic E-state index is 2.51. The van der Waals surface area contributed by atoms with Crippen LogP contribution in [0.4, 0.5) is 17.1 Å². The Kier molecular flexibility index (Phi) is 6.66. The van der Waals surface area contributed by atoms with Crippen molar-refractivity contribution in [2.45, 2.75) is 19.3 Å². The van der Waals surface area contributed by atoms with Crippen molar-refractivity contribution in [3.8, 4) is 22.3 Å². The Morgan fingerprint density at radius 2 is 0.889 bits per heavy atom. The molecular formula is C53H37N.